The van der Waals surface area contributed by atoms with Gasteiger partial charge in [-0.1, -0.05) is 30.3 Å². The van der Waals surface area contributed by atoms with Crippen LogP contribution in [0.15, 0.2) is 42.6 Å². The van der Waals surface area contributed by atoms with Gasteiger partial charge < -0.3 is 15.2 Å². The predicted octanol–water partition coefficient (Wildman–Crippen LogP) is 2.07. The van der Waals surface area contributed by atoms with Crippen molar-refractivity contribution in [3.63, 3.8) is 0 Å². The molecule has 0 radical (unpaired) electrons. The van der Waals surface area contributed by atoms with E-state index >= 15 is 0 Å². The van der Waals surface area contributed by atoms with E-state index in [0.29, 0.717) is 12.4 Å². The molecule has 2 atom stereocenters. The molecular formula is C17H19N3O4. The van der Waals surface area contributed by atoms with Crippen molar-refractivity contribution in [1.82, 2.24) is 9.78 Å². The average Bonchev–Trinajstić information content (AvgIpc) is 3.01. The van der Waals surface area contributed by atoms with E-state index in [0.717, 1.165) is 18.4 Å². The predicted molar refractivity (Wildman–Crippen MR) is 86.4 cm³/mol. The number of carbonyl (C=O) groups is 2. The molecule has 2 aromatic rings. The molecule has 3 rings (SSSR count). The van der Waals surface area contributed by atoms with E-state index in [1.165, 1.54) is 10.9 Å². The van der Waals surface area contributed by atoms with E-state index in [4.69, 9.17) is 9.84 Å². The zero-order valence-corrected chi connectivity index (χ0v) is 13.1. The van der Waals surface area contributed by atoms with Crippen LogP contribution in [-0.2, 0) is 20.9 Å². The summed E-state index contributed by atoms with van der Waals surface area (Å²) in [4.78, 5) is 23.3. The molecular weight excluding hydrogens is 310 g/mol. The van der Waals surface area contributed by atoms with Gasteiger partial charge in [0.25, 0.3) is 0 Å². The Labute approximate surface area is 139 Å². The summed E-state index contributed by atoms with van der Waals surface area (Å²) >= 11 is 0. The quantitative estimate of drug-likeness (QED) is 0.876. The molecule has 2 unspecified atom stereocenters. The van der Waals surface area contributed by atoms with Crippen molar-refractivity contribution in [2.24, 2.45) is 5.92 Å². The lowest BCUT2D eigenvalue weighted by molar-refractivity contribution is -0.137. The zero-order valence-electron chi connectivity index (χ0n) is 13.1. The van der Waals surface area contributed by atoms with Crippen molar-refractivity contribution in [3.8, 4) is 0 Å². The Morgan fingerprint density at radius 2 is 2.08 bits per heavy atom. The lowest BCUT2D eigenvalue weighted by Gasteiger charge is -2.31. The number of carbonyl (C=O) groups excluding carboxylic acids is 1. The minimum atomic E-state index is -0.985. The highest BCUT2D eigenvalue weighted by Gasteiger charge is 2.33. The van der Waals surface area contributed by atoms with E-state index in [1.54, 1.807) is 6.07 Å². The molecule has 0 spiro atoms. The number of ether oxygens (including phenoxy) is 1. The monoisotopic (exact) mass is 329 g/mol. The summed E-state index contributed by atoms with van der Waals surface area (Å²) in [5.74, 6) is -1.10. The van der Waals surface area contributed by atoms with Crippen molar-refractivity contribution in [3.05, 3.63) is 48.2 Å². The van der Waals surface area contributed by atoms with Crippen LogP contribution in [0.25, 0.3) is 0 Å². The Bertz CT molecular complexity index is 714. The SMILES string of the molecule is O=C(O)Cn1ccc(NC(=O)C2CCCOC2c2ccccc2)n1. The molecule has 0 bridgehead atoms. The molecule has 1 saturated heterocycles. The molecule has 1 aliphatic rings. The van der Waals surface area contributed by atoms with Crippen LogP contribution in [0.4, 0.5) is 5.82 Å². The molecule has 126 valence electrons. The van der Waals surface area contributed by atoms with Crippen LogP contribution in [0.5, 0.6) is 0 Å². The molecule has 7 heteroatoms. The maximum absolute atomic E-state index is 12.6. The van der Waals surface area contributed by atoms with Crippen molar-refractivity contribution >= 4 is 17.7 Å². The van der Waals surface area contributed by atoms with Gasteiger partial charge in [-0.25, -0.2) is 0 Å². The van der Waals surface area contributed by atoms with E-state index in [9.17, 15) is 9.59 Å². The first-order valence-corrected chi connectivity index (χ1v) is 7.86. The number of anilines is 1. The molecule has 1 fully saturated rings. The van der Waals surface area contributed by atoms with Gasteiger partial charge in [-0.2, -0.15) is 5.10 Å². The van der Waals surface area contributed by atoms with Crippen LogP contribution < -0.4 is 5.32 Å². The minimum absolute atomic E-state index is 0.163. The number of hydrogen-bond donors (Lipinski definition) is 2. The number of hydrogen-bond acceptors (Lipinski definition) is 4. The van der Waals surface area contributed by atoms with Gasteiger partial charge in [-0.05, 0) is 18.4 Å². The zero-order chi connectivity index (χ0) is 16.9. The van der Waals surface area contributed by atoms with Crippen LogP contribution >= 0.6 is 0 Å². The second kappa shape index (κ2) is 7.27. The molecule has 1 amide bonds. The molecule has 2 heterocycles. The number of aromatic nitrogens is 2. The molecule has 1 aromatic heterocycles. The van der Waals surface area contributed by atoms with E-state index in [1.807, 2.05) is 30.3 Å². The Morgan fingerprint density at radius 3 is 2.83 bits per heavy atom. The summed E-state index contributed by atoms with van der Waals surface area (Å²) in [7, 11) is 0. The number of nitrogens with one attached hydrogen (secondary N) is 1. The molecule has 2 N–H and O–H groups in total. The summed E-state index contributed by atoms with van der Waals surface area (Å²) in [5.41, 5.74) is 0.980. The minimum Gasteiger partial charge on any atom is -0.480 e. The second-order valence-electron chi connectivity index (χ2n) is 5.73. The lowest BCUT2D eigenvalue weighted by atomic mass is 9.89. The van der Waals surface area contributed by atoms with Gasteiger partial charge in [0.1, 0.15) is 6.54 Å². The fourth-order valence-corrected chi connectivity index (χ4v) is 2.89. The van der Waals surface area contributed by atoms with Crippen molar-refractivity contribution in [2.75, 3.05) is 11.9 Å². The number of nitrogens with zero attached hydrogens (tertiary/aromatic N) is 2. The van der Waals surface area contributed by atoms with Gasteiger partial charge in [0, 0.05) is 18.9 Å². The Kier molecular flexibility index (Phi) is 4.90. The van der Waals surface area contributed by atoms with Crippen LogP contribution in [0, 0.1) is 5.92 Å². The summed E-state index contributed by atoms with van der Waals surface area (Å²) in [6.07, 6.45) is 2.81. The first-order valence-electron chi connectivity index (χ1n) is 7.86. The van der Waals surface area contributed by atoms with Crippen LogP contribution in [0.3, 0.4) is 0 Å². The summed E-state index contributed by atoms with van der Waals surface area (Å²) < 4.78 is 7.10. The fourth-order valence-electron chi connectivity index (χ4n) is 2.89. The topological polar surface area (TPSA) is 93.5 Å². The molecule has 1 aromatic carbocycles. The van der Waals surface area contributed by atoms with E-state index in [2.05, 4.69) is 10.4 Å². The summed E-state index contributed by atoms with van der Waals surface area (Å²) in [5, 5.41) is 15.6. The number of rotatable bonds is 5. The highest BCUT2D eigenvalue weighted by Crippen LogP contribution is 2.34. The van der Waals surface area contributed by atoms with Crippen molar-refractivity contribution in [1.29, 1.82) is 0 Å². The maximum atomic E-state index is 12.6. The number of benzene rings is 1. The Hall–Kier alpha value is -2.67. The van der Waals surface area contributed by atoms with Gasteiger partial charge in [-0.3, -0.25) is 14.3 Å². The van der Waals surface area contributed by atoms with Crippen molar-refractivity contribution in [2.45, 2.75) is 25.5 Å². The molecule has 7 nitrogen and oxygen atoms in total. The Morgan fingerprint density at radius 1 is 1.29 bits per heavy atom. The van der Waals surface area contributed by atoms with E-state index in [-0.39, 0.29) is 24.5 Å². The maximum Gasteiger partial charge on any atom is 0.325 e. The molecule has 0 saturated carbocycles. The normalized spacial score (nSPS) is 20.5. The van der Waals surface area contributed by atoms with Gasteiger partial charge in [0.05, 0.1) is 12.0 Å². The van der Waals surface area contributed by atoms with Crippen LogP contribution in [0.2, 0.25) is 0 Å². The summed E-state index contributed by atoms with van der Waals surface area (Å²) in [6, 6.07) is 11.3. The second-order valence-corrected chi connectivity index (χ2v) is 5.73. The van der Waals surface area contributed by atoms with Crippen LogP contribution in [-0.4, -0.2) is 33.4 Å². The van der Waals surface area contributed by atoms with Crippen LogP contribution in [0.1, 0.15) is 24.5 Å². The summed E-state index contributed by atoms with van der Waals surface area (Å²) in [6.45, 7) is 0.394. The van der Waals surface area contributed by atoms with Gasteiger partial charge in [0.2, 0.25) is 5.91 Å². The highest BCUT2D eigenvalue weighted by atomic mass is 16.5. The first kappa shape index (κ1) is 16.2. The number of aliphatic carboxylic acids is 1. The highest BCUT2D eigenvalue weighted by molar-refractivity contribution is 5.92. The third-order valence-electron chi connectivity index (χ3n) is 3.98. The first-order chi connectivity index (χ1) is 11.6. The lowest BCUT2D eigenvalue weighted by Crippen LogP contribution is -2.33. The largest absolute Gasteiger partial charge is 0.480 e. The molecule has 24 heavy (non-hydrogen) atoms. The van der Waals surface area contributed by atoms with Gasteiger partial charge in [-0.15, -0.1) is 0 Å². The molecule has 1 aliphatic heterocycles. The molecule has 0 aliphatic carbocycles. The van der Waals surface area contributed by atoms with E-state index < -0.39 is 5.97 Å². The fraction of sp³-hybridized carbons (Fsp3) is 0.353. The standard InChI is InChI=1S/C17H19N3O4/c21-15(22)11-20-9-8-14(19-20)18-17(23)13-7-4-10-24-16(13)12-5-2-1-3-6-12/h1-3,5-6,8-9,13,16H,4,7,10-11H2,(H,21,22)(H,18,19,23). The average molecular weight is 329 g/mol. The third kappa shape index (κ3) is 3.80. The number of carboxylic acid groups (broad SMARTS) is 1. The smallest absolute Gasteiger partial charge is 0.325 e. The third-order valence-corrected chi connectivity index (χ3v) is 3.98. The number of amides is 1. The van der Waals surface area contributed by atoms with Crippen molar-refractivity contribution < 1.29 is 19.4 Å². The number of carboxylic acids is 1. The van der Waals surface area contributed by atoms with Gasteiger partial charge in [0.15, 0.2) is 5.82 Å². The Balaban J connectivity index is 1.70. The van der Waals surface area contributed by atoms with Gasteiger partial charge >= 0.3 is 5.97 Å².